The van der Waals surface area contributed by atoms with E-state index in [2.05, 4.69) is 0 Å². The number of hydrogen-bond acceptors (Lipinski definition) is 3. The highest BCUT2D eigenvalue weighted by Crippen LogP contribution is 2.59. The number of halogens is 1. The second-order valence-corrected chi connectivity index (χ2v) is 6.22. The van der Waals surface area contributed by atoms with Crippen molar-refractivity contribution in [2.24, 2.45) is 23.7 Å². The smallest absolute Gasteiger partial charge is 0.309 e. The number of hydrogen-bond donors (Lipinski definition) is 0. The Morgan fingerprint density at radius 2 is 2.00 bits per heavy atom. The maximum Gasteiger partial charge on any atom is 0.309 e. The zero-order chi connectivity index (χ0) is 14.7. The SMILES string of the molecule is COC(=O)[C@H]1[C@@H]2C[C@@H]3[C@H]1C(=O)N(c1ccc(F)cc1)[C@@H]3C2. The number of carbonyl (C=O) groups excluding carboxylic acids is 2. The van der Waals surface area contributed by atoms with Crippen molar-refractivity contribution in [3.8, 4) is 0 Å². The van der Waals surface area contributed by atoms with Gasteiger partial charge in [-0.3, -0.25) is 9.59 Å². The molecule has 1 aromatic rings. The molecule has 2 aliphatic carbocycles. The Hall–Kier alpha value is -1.91. The van der Waals surface area contributed by atoms with Crippen LogP contribution in [0.5, 0.6) is 0 Å². The van der Waals surface area contributed by atoms with Gasteiger partial charge >= 0.3 is 5.97 Å². The van der Waals surface area contributed by atoms with Crippen LogP contribution in [0, 0.1) is 29.5 Å². The number of methoxy groups -OCH3 is 1. The summed E-state index contributed by atoms with van der Waals surface area (Å²) in [5, 5.41) is 0. The van der Waals surface area contributed by atoms with Crippen LogP contribution in [0.1, 0.15) is 12.8 Å². The average molecular weight is 289 g/mol. The van der Waals surface area contributed by atoms with Gasteiger partial charge in [0.15, 0.2) is 0 Å². The lowest BCUT2D eigenvalue weighted by Gasteiger charge is -2.26. The number of nitrogens with zero attached hydrogens (tertiary/aromatic N) is 1. The van der Waals surface area contributed by atoms with Crippen molar-refractivity contribution in [1.29, 1.82) is 0 Å². The molecule has 1 amide bonds. The molecule has 1 aliphatic heterocycles. The second-order valence-electron chi connectivity index (χ2n) is 6.22. The fourth-order valence-corrected chi connectivity index (χ4v) is 4.68. The van der Waals surface area contributed by atoms with Crippen molar-refractivity contribution in [3.63, 3.8) is 0 Å². The topological polar surface area (TPSA) is 46.6 Å². The molecular formula is C16H16FNO3. The quantitative estimate of drug-likeness (QED) is 0.782. The molecule has 0 unspecified atom stereocenters. The van der Waals surface area contributed by atoms with Crippen LogP contribution in [0.4, 0.5) is 10.1 Å². The lowest BCUT2D eigenvalue weighted by Crippen LogP contribution is -2.33. The summed E-state index contributed by atoms with van der Waals surface area (Å²) in [6, 6.07) is 6.16. The van der Waals surface area contributed by atoms with Crippen LogP contribution < -0.4 is 4.90 Å². The Balaban J connectivity index is 1.70. The van der Waals surface area contributed by atoms with Gasteiger partial charge in [-0.15, -0.1) is 0 Å². The zero-order valence-corrected chi connectivity index (χ0v) is 11.7. The molecule has 1 aromatic carbocycles. The largest absolute Gasteiger partial charge is 0.469 e. The molecule has 0 radical (unpaired) electrons. The molecule has 1 heterocycles. The molecule has 5 heteroatoms. The van der Waals surface area contributed by atoms with Crippen molar-refractivity contribution in [2.75, 3.05) is 12.0 Å². The number of carbonyl (C=O) groups is 2. The number of fused-ring (bicyclic) bond motifs is 1. The van der Waals surface area contributed by atoms with E-state index >= 15 is 0 Å². The maximum absolute atomic E-state index is 13.1. The third kappa shape index (κ3) is 1.60. The molecule has 0 spiro atoms. The van der Waals surface area contributed by atoms with E-state index in [0.29, 0.717) is 0 Å². The first-order valence-corrected chi connectivity index (χ1v) is 7.28. The van der Waals surface area contributed by atoms with Crippen LogP contribution in [0.2, 0.25) is 0 Å². The Kier molecular flexibility index (Phi) is 2.62. The number of ether oxygens (including phenoxy) is 1. The number of benzene rings is 1. The summed E-state index contributed by atoms with van der Waals surface area (Å²) in [6.07, 6.45) is 1.75. The first kappa shape index (κ1) is 12.8. The minimum Gasteiger partial charge on any atom is -0.469 e. The molecule has 21 heavy (non-hydrogen) atoms. The maximum atomic E-state index is 13.1. The minimum absolute atomic E-state index is 0.00740. The zero-order valence-electron chi connectivity index (χ0n) is 11.7. The summed E-state index contributed by atoms with van der Waals surface area (Å²) in [5.41, 5.74) is 0.727. The van der Waals surface area contributed by atoms with E-state index < -0.39 is 0 Å². The normalized spacial score (nSPS) is 36.4. The van der Waals surface area contributed by atoms with E-state index in [4.69, 9.17) is 4.74 Å². The molecule has 4 rings (SSSR count). The van der Waals surface area contributed by atoms with Crippen molar-refractivity contribution in [1.82, 2.24) is 0 Å². The molecule has 4 nitrogen and oxygen atoms in total. The van der Waals surface area contributed by atoms with Gasteiger partial charge in [-0.05, 0) is 48.9 Å². The first-order chi connectivity index (χ1) is 10.1. The Labute approximate surface area is 121 Å². The van der Waals surface area contributed by atoms with E-state index in [9.17, 15) is 14.0 Å². The van der Waals surface area contributed by atoms with Crippen LogP contribution in [-0.4, -0.2) is 25.0 Å². The molecular weight excluding hydrogens is 273 g/mol. The van der Waals surface area contributed by atoms with Crippen LogP contribution in [-0.2, 0) is 14.3 Å². The Morgan fingerprint density at radius 3 is 2.67 bits per heavy atom. The van der Waals surface area contributed by atoms with E-state index in [-0.39, 0.29) is 47.4 Å². The molecule has 5 atom stereocenters. The van der Waals surface area contributed by atoms with Gasteiger partial charge in [0.05, 0.1) is 18.9 Å². The fourth-order valence-electron chi connectivity index (χ4n) is 4.68. The molecule has 1 saturated heterocycles. The van der Waals surface area contributed by atoms with Crippen LogP contribution in [0.15, 0.2) is 24.3 Å². The summed E-state index contributed by atoms with van der Waals surface area (Å²) in [4.78, 5) is 26.5. The van der Waals surface area contributed by atoms with E-state index in [1.165, 1.54) is 19.2 Å². The third-order valence-corrected chi connectivity index (χ3v) is 5.40. The van der Waals surface area contributed by atoms with Gasteiger partial charge < -0.3 is 9.64 Å². The monoisotopic (exact) mass is 289 g/mol. The fraction of sp³-hybridized carbons (Fsp3) is 0.500. The number of esters is 1. The highest BCUT2D eigenvalue weighted by Gasteiger charge is 2.65. The van der Waals surface area contributed by atoms with E-state index in [1.807, 2.05) is 0 Å². The highest BCUT2D eigenvalue weighted by molar-refractivity contribution is 6.02. The number of amides is 1. The van der Waals surface area contributed by atoms with Crippen molar-refractivity contribution < 1.29 is 18.7 Å². The van der Waals surface area contributed by atoms with Crippen LogP contribution in [0.3, 0.4) is 0 Å². The van der Waals surface area contributed by atoms with E-state index in [0.717, 1.165) is 18.5 Å². The van der Waals surface area contributed by atoms with Gasteiger partial charge in [0.1, 0.15) is 5.82 Å². The lowest BCUT2D eigenvalue weighted by atomic mass is 9.80. The summed E-state index contributed by atoms with van der Waals surface area (Å²) in [6.45, 7) is 0. The predicted octanol–water partition coefficient (Wildman–Crippen LogP) is 1.99. The highest BCUT2D eigenvalue weighted by atomic mass is 19.1. The van der Waals surface area contributed by atoms with Gasteiger partial charge in [-0.2, -0.15) is 0 Å². The first-order valence-electron chi connectivity index (χ1n) is 7.28. The Morgan fingerprint density at radius 1 is 1.29 bits per heavy atom. The summed E-state index contributed by atoms with van der Waals surface area (Å²) < 4.78 is 18.0. The summed E-state index contributed by atoms with van der Waals surface area (Å²) in [7, 11) is 1.38. The molecule has 2 saturated carbocycles. The van der Waals surface area contributed by atoms with Crippen LogP contribution >= 0.6 is 0 Å². The number of rotatable bonds is 2. The lowest BCUT2D eigenvalue weighted by molar-refractivity contribution is -0.150. The Bertz CT molecular complexity index is 614. The minimum atomic E-state index is -0.315. The number of anilines is 1. The second kappa shape index (κ2) is 4.29. The molecule has 2 bridgehead atoms. The van der Waals surface area contributed by atoms with Gasteiger partial charge in [-0.25, -0.2) is 4.39 Å². The van der Waals surface area contributed by atoms with Crippen molar-refractivity contribution in [3.05, 3.63) is 30.1 Å². The van der Waals surface area contributed by atoms with Crippen molar-refractivity contribution >= 4 is 17.6 Å². The van der Waals surface area contributed by atoms with Crippen LogP contribution in [0.25, 0.3) is 0 Å². The standard InChI is InChI=1S/C16H16FNO3/c1-21-16(20)13-8-6-11-12(7-8)18(15(19)14(11)13)10-4-2-9(17)3-5-10/h2-5,8,11-14H,6-7H2,1H3/t8-,11+,12-,13+,14-/m1/s1. The van der Waals surface area contributed by atoms with Gasteiger partial charge in [0, 0.05) is 11.7 Å². The molecule has 3 aliphatic rings. The molecule has 110 valence electrons. The predicted molar refractivity (Wildman–Crippen MR) is 72.9 cm³/mol. The van der Waals surface area contributed by atoms with E-state index in [1.54, 1.807) is 17.0 Å². The van der Waals surface area contributed by atoms with Gasteiger partial charge in [0.2, 0.25) is 5.91 Å². The summed E-state index contributed by atoms with van der Waals surface area (Å²) >= 11 is 0. The molecule has 3 fully saturated rings. The van der Waals surface area contributed by atoms with Gasteiger partial charge in [-0.1, -0.05) is 0 Å². The van der Waals surface area contributed by atoms with Crippen molar-refractivity contribution in [2.45, 2.75) is 18.9 Å². The summed E-state index contributed by atoms with van der Waals surface area (Å²) in [5.74, 6) is -0.665. The van der Waals surface area contributed by atoms with Gasteiger partial charge in [0.25, 0.3) is 0 Å². The third-order valence-electron chi connectivity index (χ3n) is 5.40. The molecule has 0 aromatic heterocycles. The average Bonchev–Trinajstić information content (AvgIpc) is 3.10. The molecule has 0 N–H and O–H groups in total.